The molecular weight excluding hydrogens is 358 g/mol. The molecule has 0 aliphatic carbocycles. The van der Waals surface area contributed by atoms with Crippen molar-refractivity contribution in [3.05, 3.63) is 28.2 Å². The monoisotopic (exact) mass is 371 g/mol. The topological polar surface area (TPSA) is 49.8 Å². The maximum absolute atomic E-state index is 12.9. The summed E-state index contributed by atoms with van der Waals surface area (Å²) in [5.74, 6) is -2.07. The molecule has 1 aliphatic heterocycles. The number of nitrogens with zero attached hydrogens (tertiary/aromatic N) is 1. The first-order valence-electron chi connectivity index (χ1n) is 6.79. The van der Waals surface area contributed by atoms with Crippen LogP contribution in [0.15, 0.2) is 18.2 Å². The molecule has 128 valence electrons. The summed E-state index contributed by atoms with van der Waals surface area (Å²) in [5, 5.41) is 9.76. The number of rotatable bonds is 4. The minimum absolute atomic E-state index is 0.0705. The summed E-state index contributed by atoms with van der Waals surface area (Å²) in [6.45, 7) is -1.26. The molecule has 1 saturated heterocycles. The Morgan fingerprint density at radius 2 is 2.04 bits per heavy atom. The number of aliphatic hydroxyl groups is 1. The molecule has 1 fully saturated rings. The van der Waals surface area contributed by atoms with Crippen LogP contribution >= 0.6 is 23.2 Å². The maximum Gasteiger partial charge on any atom is 0.393 e. The Bertz CT molecular complexity index is 583. The lowest BCUT2D eigenvalue weighted by Gasteiger charge is -2.27. The van der Waals surface area contributed by atoms with Gasteiger partial charge in [-0.25, -0.2) is 0 Å². The fourth-order valence-corrected chi connectivity index (χ4v) is 2.85. The number of hydrogen-bond acceptors (Lipinski definition) is 3. The smallest absolute Gasteiger partial charge is 0.393 e. The van der Waals surface area contributed by atoms with E-state index in [0.29, 0.717) is 5.02 Å². The van der Waals surface area contributed by atoms with Gasteiger partial charge >= 0.3 is 6.18 Å². The molecule has 2 unspecified atom stereocenters. The van der Waals surface area contributed by atoms with Crippen LogP contribution in [0, 0.1) is 5.92 Å². The number of likely N-dealkylation sites (tertiary alicyclic amines) is 1. The number of hydrogen-bond donors (Lipinski definition) is 1. The van der Waals surface area contributed by atoms with Gasteiger partial charge in [0.25, 0.3) is 5.91 Å². The first kappa shape index (κ1) is 18.2. The molecule has 0 bridgehead atoms. The van der Waals surface area contributed by atoms with Gasteiger partial charge in [0.05, 0.1) is 28.6 Å². The minimum atomic E-state index is -4.45. The molecule has 0 aromatic heterocycles. The Balaban J connectivity index is 1.99. The predicted molar refractivity (Wildman–Crippen MR) is 78.7 cm³/mol. The maximum atomic E-state index is 12.9. The number of carbonyl (C=O) groups is 1. The molecule has 4 nitrogen and oxygen atoms in total. The van der Waals surface area contributed by atoms with E-state index in [2.05, 4.69) is 0 Å². The number of ether oxygens (including phenoxy) is 1. The Hall–Kier alpha value is -1.18. The normalized spacial score (nSPS) is 21.6. The summed E-state index contributed by atoms with van der Waals surface area (Å²) in [6.07, 6.45) is -4.68. The molecule has 0 saturated carbocycles. The van der Waals surface area contributed by atoms with Gasteiger partial charge in [0.1, 0.15) is 5.75 Å². The van der Waals surface area contributed by atoms with Crippen molar-refractivity contribution in [2.45, 2.75) is 18.6 Å². The van der Waals surface area contributed by atoms with Crippen LogP contribution in [0.1, 0.15) is 6.42 Å². The van der Waals surface area contributed by atoms with Gasteiger partial charge in [-0.05, 0) is 18.6 Å². The number of carbonyl (C=O) groups excluding carboxylic acids is 1. The van der Waals surface area contributed by atoms with Gasteiger partial charge in [-0.2, -0.15) is 13.2 Å². The average molecular weight is 372 g/mol. The summed E-state index contributed by atoms with van der Waals surface area (Å²) in [7, 11) is 0. The largest absolute Gasteiger partial charge is 0.484 e. The number of amides is 1. The lowest BCUT2D eigenvalue weighted by Crippen LogP contribution is -2.45. The lowest BCUT2D eigenvalue weighted by molar-refractivity contribution is -0.184. The van der Waals surface area contributed by atoms with E-state index in [1.165, 1.54) is 18.2 Å². The minimum Gasteiger partial charge on any atom is -0.484 e. The van der Waals surface area contributed by atoms with E-state index in [0.717, 1.165) is 4.90 Å². The molecule has 2 rings (SSSR count). The standard InChI is InChI=1S/C14H14Cl2F3NO3/c15-10-2-1-8(5-11(10)16)23-7-13(22)20-4-3-9(12(20)6-21)14(17,18)19/h1-2,5,9,12,21H,3-4,6-7H2. The number of benzene rings is 1. The number of aliphatic hydroxyl groups excluding tert-OH is 1. The van der Waals surface area contributed by atoms with Gasteiger partial charge in [0, 0.05) is 12.6 Å². The molecule has 1 N–H and O–H groups in total. The molecule has 9 heteroatoms. The lowest BCUT2D eigenvalue weighted by atomic mass is 10.0. The zero-order valence-electron chi connectivity index (χ0n) is 11.8. The molecule has 2 atom stereocenters. The van der Waals surface area contributed by atoms with Crippen molar-refractivity contribution in [2.24, 2.45) is 5.92 Å². The zero-order valence-corrected chi connectivity index (χ0v) is 13.3. The van der Waals surface area contributed by atoms with E-state index >= 15 is 0 Å². The van der Waals surface area contributed by atoms with Gasteiger partial charge < -0.3 is 14.7 Å². The summed E-state index contributed by atoms with van der Waals surface area (Å²) in [6, 6.07) is 3.10. The Labute approximate surface area is 140 Å². The first-order valence-corrected chi connectivity index (χ1v) is 7.54. The van der Waals surface area contributed by atoms with E-state index in [9.17, 15) is 23.1 Å². The van der Waals surface area contributed by atoms with Crippen molar-refractivity contribution in [1.29, 1.82) is 0 Å². The molecule has 1 aromatic rings. The van der Waals surface area contributed by atoms with Crippen LogP contribution in [0.3, 0.4) is 0 Å². The zero-order chi connectivity index (χ0) is 17.2. The van der Waals surface area contributed by atoms with Crippen LogP contribution in [-0.2, 0) is 4.79 Å². The van der Waals surface area contributed by atoms with Crippen LogP contribution < -0.4 is 4.74 Å². The van der Waals surface area contributed by atoms with Crippen LogP contribution in [0.25, 0.3) is 0 Å². The highest BCUT2D eigenvalue weighted by atomic mass is 35.5. The molecule has 1 amide bonds. The van der Waals surface area contributed by atoms with E-state index in [4.69, 9.17) is 27.9 Å². The average Bonchev–Trinajstić information content (AvgIpc) is 2.92. The van der Waals surface area contributed by atoms with Gasteiger partial charge in [-0.1, -0.05) is 23.2 Å². The van der Waals surface area contributed by atoms with Crippen LogP contribution in [0.2, 0.25) is 10.0 Å². The second kappa shape index (κ2) is 7.15. The SMILES string of the molecule is O=C(COc1ccc(Cl)c(Cl)c1)N1CCC(C(F)(F)F)C1CO. The Morgan fingerprint density at radius 1 is 1.35 bits per heavy atom. The molecule has 1 aliphatic rings. The summed E-state index contributed by atoms with van der Waals surface area (Å²) < 4.78 is 43.8. The number of alkyl halides is 3. The molecular formula is C14H14Cl2F3NO3. The van der Waals surface area contributed by atoms with E-state index in [1.54, 1.807) is 0 Å². The second-order valence-electron chi connectivity index (χ2n) is 5.14. The second-order valence-corrected chi connectivity index (χ2v) is 5.95. The van der Waals surface area contributed by atoms with Crippen LogP contribution in [0.5, 0.6) is 5.75 Å². The van der Waals surface area contributed by atoms with Crippen molar-refractivity contribution in [2.75, 3.05) is 19.8 Å². The van der Waals surface area contributed by atoms with Crippen molar-refractivity contribution < 1.29 is 27.8 Å². The highest BCUT2D eigenvalue weighted by Gasteiger charge is 2.51. The molecule has 1 heterocycles. The van der Waals surface area contributed by atoms with E-state index < -0.39 is 37.3 Å². The van der Waals surface area contributed by atoms with Crippen LogP contribution in [-0.4, -0.2) is 47.9 Å². The summed E-state index contributed by atoms with van der Waals surface area (Å²) >= 11 is 11.6. The van der Waals surface area contributed by atoms with Gasteiger partial charge in [-0.15, -0.1) is 0 Å². The first-order chi connectivity index (χ1) is 10.7. The van der Waals surface area contributed by atoms with Gasteiger partial charge in [-0.3, -0.25) is 4.79 Å². The van der Waals surface area contributed by atoms with Crippen molar-refractivity contribution in [3.8, 4) is 5.75 Å². The van der Waals surface area contributed by atoms with Crippen molar-refractivity contribution >= 4 is 29.1 Å². The molecule has 1 aromatic carbocycles. The molecule has 23 heavy (non-hydrogen) atoms. The Morgan fingerprint density at radius 3 is 2.61 bits per heavy atom. The summed E-state index contributed by atoms with van der Waals surface area (Å²) in [4.78, 5) is 13.1. The number of halogens is 5. The fraction of sp³-hybridized carbons (Fsp3) is 0.500. The van der Waals surface area contributed by atoms with Gasteiger partial charge in [0.2, 0.25) is 0 Å². The van der Waals surface area contributed by atoms with Crippen molar-refractivity contribution in [3.63, 3.8) is 0 Å². The predicted octanol–water partition coefficient (Wildman–Crippen LogP) is 3.14. The van der Waals surface area contributed by atoms with Crippen LogP contribution in [0.4, 0.5) is 13.2 Å². The third kappa shape index (κ3) is 4.22. The third-order valence-electron chi connectivity index (χ3n) is 3.73. The Kier molecular flexibility index (Phi) is 5.65. The fourth-order valence-electron chi connectivity index (χ4n) is 2.57. The highest BCUT2D eigenvalue weighted by molar-refractivity contribution is 6.42. The summed E-state index contributed by atoms with van der Waals surface area (Å²) in [5.41, 5.74) is 0. The van der Waals surface area contributed by atoms with Crippen molar-refractivity contribution in [1.82, 2.24) is 4.90 Å². The van der Waals surface area contributed by atoms with E-state index in [1.807, 2.05) is 0 Å². The quantitative estimate of drug-likeness (QED) is 0.884. The molecule has 0 radical (unpaired) electrons. The third-order valence-corrected chi connectivity index (χ3v) is 4.47. The highest BCUT2D eigenvalue weighted by Crippen LogP contribution is 2.38. The van der Waals surface area contributed by atoms with E-state index in [-0.39, 0.29) is 23.7 Å². The van der Waals surface area contributed by atoms with Gasteiger partial charge in [0.15, 0.2) is 6.61 Å². The molecule has 0 spiro atoms.